The summed E-state index contributed by atoms with van der Waals surface area (Å²) in [6, 6.07) is 0. The van der Waals surface area contributed by atoms with Crippen molar-refractivity contribution in [3.63, 3.8) is 0 Å². The van der Waals surface area contributed by atoms with Crippen LogP contribution in [0.25, 0.3) is 0 Å². The minimum absolute atomic E-state index is 0.106. The molecule has 0 aliphatic carbocycles. The van der Waals surface area contributed by atoms with Gasteiger partial charge in [0.25, 0.3) is 0 Å². The second-order valence-electron chi connectivity index (χ2n) is 29.8. The Morgan fingerprint density at radius 1 is 0.277 bits per heavy atom. The van der Waals surface area contributed by atoms with Crippen molar-refractivity contribution >= 4 is 39.5 Å². The van der Waals surface area contributed by atoms with E-state index in [1.54, 1.807) is 0 Å². The van der Waals surface area contributed by atoms with Gasteiger partial charge in [0.2, 0.25) is 0 Å². The number of hydrogen-bond donors (Lipinski definition) is 3. The zero-order valence-electron chi connectivity index (χ0n) is 66.1. The Balaban J connectivity index is 5.16. The molecule has 0 radical (unpaired) electrons. The highest BCUT2D eigenvalue weighted by Gasteiger charge is 2.30. The Labute approximate surface area is 619 Å². The molecule has 0 aromatic rings. The van der Waals surface area contributed by atoms with Gasteiger partial charge in [-0.15, -0.1) is 0 Å². The van der Waals surface area contributed by atoms with Crippen molar-refractivity contribution in [2.45, 2.75) is 457 Å². The van der Waals surface area contributed by atoms with Gasteiger partial charge in [-0.05, 0) is 31.6 Å². The second-order valence-corrected chi connectivity index (χ2v) is 32.7. The predicted octanol–water partition coefficient (Wildman–Crippen LogP) is 24.8. The molecule has 3 unspecified atom stereocenters. The van der Waals surface area contributed by atoms with Gasteiger partial charge in [-0.3, -0.25) is 37.3 Å². The number of rotatable bonds is 82. The number of carbonyl (C=O) groups excluding carboxylic acids is 4. The molecule has 0 aliphatic rings. The van der Waals surface area contributed by atoms with Gasteiger partial charge < -0.3 is 33.8 Å². The number of aliphatic hydroxyl groups is 1. The molecule has 3 N–H and O–H groups in total. The normalized spacial score (nSPS) is 14.1. The molecule has 0 spiro atoms. The zero-order valence-corrected chi connectivity index (χ0v) is 67.8. The summed E-state index contributed by atoms with van der Waals surface area (Å²) in [5.41, 5.74) is 0. The van der Waals surface area contributed by atoms with Gasteiger partial charge in [-0.1, -0.05) is 388 Å². The third kappa shape index (κ3) is 74.7. The molecular formula is C82H160O17P2. The van der Waals surface area contributed by atoms with Crippen LogP contribution in [-0.4, -0.2) is 96.7 Å². The molecule has 0 saturated heterocycles. The van der Waals surface area contributed by atoms with Crippen LogP contribution in [0.3, 0.4) is 0 Å². The van der Waals surface area contributed by atoms with E-state index in [9.17, 15) is 43.2 Å². The first-order valence-electron chi connectivity index (χ1n) is 42.7. The summed E-state index contributed by atoms with van der Waals surface area (Å²) in [5.74, 6) is -1.31. The molecule has 600 valence electrons. The molecule has 0 aromatic heterocycles. The van der Waals surface area contributed by atoms with E-state index in [1.807, 2.05) is 0 Å². The highest BCUT2D eigenvalue weighted by molar-refractivity contribution is 7.47. The number of unbranched alkanes of at least 4 members (excludes halogenated alkanes) is 53. The predicted molar refractivity (Wildman–Crippen MR) is 414 cm³/mol. The van der Waals surface area contributed by atoms with Gasteiger partial charge in [-0.2, -0.15) is 0 Å². The maximum absolute atomic E-state index is 13.1. The van der Waals surface area contributed by atoms with Crippen molar-refractivity contribution in [2.24, 2.45) is 5.92 Å². The van der Waals surface area contributed by atoms with Crippen molar-refractivity contribution in [2.75, 3.05) is 39.6 Å². The quantitative estimate of drug-likeness (QED) is 0.0222. The molecule has 101 heavy (non-hydrogen) atoms. The van der Waals surface area contributed by atoms with Crippen LogP contribution < -0.4 is 0 Å². The summed E-state index contributed by atoms with van der Waals surface area (Å²) in [5, 5.41) is 10.6. The van der Waals surface area contributed by atoms with Gasteiger partial charge >= 0.3 is 39.5 Å². The molecule has 0 aromatic carbocycles. The average molecular weight is 1480 g/mol. The molecule has 0 rings (SSSR count). The molecule has 19 heteroatoms. The van der Waals surface area contributed by atoms with Crippen molar-refractivity contribution < 1.29 is 80.2 Å². The lowest BCUT2D eigenvalue weighted by Crippen LogP contribution is -2.30. The number of esters is 4. The Bertz CT molecular complexity index is 1930. The highest BCUT2D eigenvalue weighted by Crippen LogP contribution is 2.45. The van der Waals surface area contributed by atoms with Gasteiger partial charge in [0.1, 0.15) is 19.3 Å². The number of phosphoric acid groups is 2. The van der Waals surface area contributed by atoms with Crippen LogP contribution in [0.1, 0.15) is 439 Å². The maximum Gasteiger partial charge on any atom is 0.472 e. The van der Waals surface area contributed by atoms with Crippen LogP contribution in [0.5, 0.6) is 0 Å². The molecular weight excluding hydrogens is 1320 g/mol. The second kappa shape index (κ2) is 74.9. The first kappa shape index (κ1) is 99.1. The van der Waals surface area contributed by atoms with E-state index in [4.69, 9.17) is 37.0 Å². The lowest BCUT2D eigenvalue weighted by molar-refractivity contribution is -0.161. The molecule has 0 amide bonds. The zero-order chi connectivity index (χ0) is 74.1. The standard InChI is InChI=1S/C82H160O17P2/c1-6-10-13-16-19-21-23-25-27-29-31-32-33-34-36-38-40-42-47-52-57-62-67-81(86)99-78(72-93-80(85)66-61-56-51-46-41-39-37-35-30-28-26-24-22-20-17-14-11-7-2)74-97-101(90,91)95-70-76(83)69-94-100(88,89)96-73-77(71-92-79(84)65-60-55-49-18-15-12-8-3)98-82(87)68-63-58-53-48-44-43-45-50-54-59-64-75(5)9-4/h75-78,83H,6-74H2,1-5H3,(H,88,89)(H,90,91)/t75?,76-,77+,78+/m0/s1. The summed E-state index contributed by atoms with van der Waals surface area (Å²) in [4.78, 5) is 72.9. The monoisotopic (exact) mass is 1480 g/mol. The molecule has 0 saturated carbocycles. The third-order valence-electron chi connectivity index (χ3n) is 19.6. The van der Waals surface area contributed by atoms with Crippen molar-refractivity contribution in [1.29, 1.82) is 0 Å². The summed E-state index contributed by atoms with van der Waals surface area (Å²) in [6.45, 7) is 7.31. The Kier molecular flexibility index (Phi) is 73.5. The number of phosphoric ester groups is 2. The summed E-state index contributed by atoms with van der Waals surface area (Å²) >= 11 is 0. The fourth-order valence-electron chi connectivity index (χ4n) is 12.7. The number of aliphatic hydroxyl groups excluding tert-OH is 1. The third-order valence-corrected chi connectivity index (χ3v) is 21.5. The van der Waals surface area contributed by atoms with Gasteiger partial charge in [0, 0.05) is 25.7 Å². The van der Waals surface area contributed by atoms with E-state index in [2.05, 4.69) is 34.6 Å². The molecule has 0 aliphatic heterocycles. The number of hydrogen-bond acceptors (Lipinski definition) is 15. The highest BCUT2D eigenvalue weighted by atomic mass is 31.2. The number of carbonyl (C=O) groups is 4. The summed E-state index contributed by atoms with van der Waals surface area (Å²) in [7, 11) is -9.91. The lowest BCUT2D eigenvalue weighted by Gasteiger charge is -2.21. The van der Waals surface area contributed by atoms with Crippen molar-refractivity contribution in [3.8, 4) is 0 Å². The minimum atomic E-state index is -4.96. The van der Waals surface area contributed by atoms with Gasteiger partial charge in [-0.25, -0.2) is 9.13 Å². The van der Waals surface area contributed by atoms with Crippen LogP contribution in [0, 0.1) is 5.92 Å². The molecule has 17 nitrogen and oxygen atoms in total. The Morgan fingerprint density at radius 3 is 0.703 bits per heavy atom. The first-order chi connectivity index (χ1) is 49.1. The van der Waals surface area contributed by atoms with E-state index in [0.29, 0.717) is 25.7 Å². The van der Waals surface area contributed by atoms with E-state index in [1.165, 1.54) is 250 Å². The molecule has 0 bridgehead atoms. The van der Waals surface area contributed by atoms with E-state index < -0.39 is 97.5 Å². The summed E-state index contributed by atoms with van der Waals surface area (Å²) < 4.78 is 68.6. The molecule has 0 fully saturated rings. The topological polar surface area (TPSA) is 237 Å². The van der Waals surface area contributed by atoms with Gasteiger partial charge in [0.15, 0.2) is 12.2 Å². The van der Waals surface area contributed by atoms with E-state index in [0.717, 1.165) is 109 Å². The summed E-state index contributed by atoms with van der Waals surface area (Å²) in [6.07, 6.45) is 66.9. The van der Waals surface area contributed by atoms with Gasteiger partial charge in [0.05, 0.1) is 26.4 Å². The lowest BCUT2D eigenvalue weighted by atomic mass is 9.99. The average Bonchev–Trinajstić information content (AvgIpc) is 0.926. The van der Waals surface area contributed by atoms with Crippen molar-refractivity contribution in [1.82, 2.24) is 0 Å². The van der Waals surface area contributed by atoms with Crippen LogP contribution in [0.2, 0.25) is 0 Å². The molecule has 0 heterocycles. The van der Waals surface area contributed by atoms with Crippen LogP contribution in [-0.2, 0) is 65.4 Å². The number of ether oxygens (including phenoxy) is 4. The first-order valence-corrected chi connectivity index (χ1v) is 45.7. The fourth-order valence-corrected chi connectivity index (χ4v) is 14.3. The van der Waals surface area contributed by atoms with Crippen LogP contribution >= 0.6 is 15.6 Å². The SMILES string of the molecule is CCCCCCCCCCCCCCCCCCCCCCCCC(=O)O[C@H](COC(=O)CCCCCCCCCCCCCCCCCCCC)COP(=O)(O)OC[C@@H](O)COP(=O)(O)OC[C@@H](COC(=O)CCCCCCCCC)OC(=O)CCCCCCCCCCCCC(C)CC. The fraction of sp³-hybridized carbons (Fsp3) is 0.951. The molecule has 6 atom stereocenters. The van der Waals surface area contributed by atoms with E-state index in [-0.39, 0.29) is 25.7 Å². The van der Waals surface area contributed by atoms with Crippen LogP contribution in [0.4, 0.5) is 0 Å². The van der Waals surface area contributed by atoms with Crippen LogP contribution in [0.15, 0.2) is 0 Å². The van der Waals surface area contributed by atoms with E-state index >= 15 is 0 Å². The smallest absolute Gasteiger partial charge is 0.462 e. The maximum atomic E-state index is 13.1. The Morgan fingerprint density at radius 2 is 0.475 bits per heavy atom. The largest absolute Gasteiger partial charge is 0.472 e. The minimum Gasteiger partial charge on any atom is -0.462 e. The Hall–Kier alpha value is -1.94. The van der Waals surface area contributed by atoms with Crippen molar-refractivity contribution in [3.05, 3.63) is 0 Å².